The van der Waals surface area contributed by atoms with E-state index < -0.39 is 33.7 Å². The van der Waals surface area contributed by atoms with Gasteiger partial charge in [-0.2, -0.15) is 12.7 Å². The first kappa shape index (κ1) is 15.6. The molecule has 1 aliphatic heterocycles. The third kappa shape index (κ3) is 3.67. The number of carboxylic acids is 1. The van der Waals surface area contributed by atoms with Gasteiger partial charge in [0.25, 0.3) is 0 Å². The number of hydrogen-bond donors (Lipinski definition) is 2. The number of nitrogens with one attached hydrogen (secondary N) is 1. The molecule has 0 aliphatic carbocycles. The third-order valence-corrected chi connectivity index (χ3v) is 4.73. The van der Waals surface area contributed by atoms with Crippen LogP contribution in [0, 0.1) is 17.6 Å². The predicted molar refractivity (Wildman–Crippen MR) is 70.8 cm³/mol. The molecule has 0 radical (unpaired) electrons. The van der Waals surface area contributed by atoms with Crippen molar-refractivity contribution in [2.24, 2.45) is 5.92 Å². The van der Waals surface area contributed by atoms with Gasteiger partial charge in [0.05, 0.1) is 11.6 Å². The number of carbonyl (C=O) groups is 1. The molecule has 0 aromatic heterocycles. The molecule has 1 heterocycles. The zero-order valence-corrected chi connectivity index (χ0v) is 11.7. The van der Waals surface area contributed by atoms with Crippen LogP contribution >= 0.6 is 0 Å². The molecular formula is C12H14F2N2O4S. The molecule has 1 aliphatic rings. The lowest BCUT2D eigenvalue weighted by molar-refractivity contribution is -0.142. The monoisotopic (exact) mass is 320 g/mol. The molecular weight excluding hydrogens is 306 g/mol. The van der Waals surface area contributed by atoms with Gasteiger partial charge in [0.2, 0.25) is 0 Å². The second-order valence-corrected chi connectivity index (χ2v) is 6.44. The van der Waals surface area contributed by atoms with E-state index in [9.17, 15) is 22.0 Å². The number of halogens is 2. The highest BCUT2D eigenvalue weighted by Crippen LogP contribution is 2.22. The van der Waals surface area contributed by atoms with Crippen molar-refractivity contribution >= 4 is 21.9 Å². The van der Waals surface area contributed by atoms with Gasteiger partial charge in [-0.05, 0) is 25.0 Å². The van der Waals surface area contributed by atoms with Crippen LogP contribution in [0.2, 0.25) is 0 Å². The summed E-state index contributed by atoms with van der Waals surface area (Å²) in [7, 11) is -4.08. The maximum atomic E-state index is 13.5. The highest BCUT2D eigenvalue weighted by Gasteiger charge is 2.32. The summed E-state index contributed by atoms with van der Waals surface area (Å²) in [5.41, 5.74) is -0.381. The lowest BCUT2D eigenvalue weighted by atomic mass is 10.0. The number of aliphatic carboxylic acids is 1. The second kappa shape index (κ2) is 5.94. The number of rotatable bonds is 4. The van der Waals surface area contributed by atoms with Gasteiger partial charge in [0, 0.05) is 19.2 Å². The standard InChI is InChI=1S/C12H14F2N2O4S/c13-9-3-4-11(10(14)6-9)15-21(19,20)16-5-1-2-8(7-16)12(17)18/h3-4,6,8,15H,1-2,5,7H2,(H,17,18). The summed E-state index contributed by atoms with van der Waals surface area (Å²) in [5, 5.41) is 8.94. The SMILES string of the molecule is O=C(O)C1CCCN(S(=O)(=O)Nc2ccc(F)cc2F)C1. The summed E-state index contributed by atoms with van der Waals surface area (Å²) in [6.07, 6.45) is 0.802. The Morgan fingerprint density at radius 2 is 2.10 bits per heavy atom. The number of anilines is 1. The fourth-order valence-electron chi connectivity index (χ4n) is 2.14. The largest absolute Gasteiger partial charge is 0.481 e. The van der Waals surface area contributed by atoms with Crippen LogP contribution in [-0.2, 0) is 15.0 Å². The molecule has 2 rings (SSSR count). The van der Waals surface area contributed by atoms with Crippen LogP contribution in [0.15, 0.2) is 18.2 Å². The Bertz CT molecular complexity index is 651. The van der Waals surface area contributed by atoms with Crippen LogP contribution in [0.1, 0.15) is 12.8 Å². The summed E-state index contributed by atoms with van der Waals surface area (Å²) in [5.74, 6) is -3.71. The minimum absolute atomic E-state index is 0.155. The number of hydrogen-bond acceptors (Lipinski definition) is 3. The molecule has 2 N–H and O–H groups in total. The van der Waals surface area contributed by atoms with Crippen molar-refractivity contribution in [1.29, 1.82) is 0 Å². The van der Waals surface area contributed by atoms with E-state index in [0.717, 1.165) is 16.4 Å². The van der Waals surface area contributed by atoms with Gasteiger partial charge < -0.3 is 5.11 Å². The Balaban J connectivity index is 2.16. The van der Waals surface area contributed by atoms with Gasteiger partial charge >= 0.3 is 16.2 Å². The van der Waals surface area contributed by atoms with Gasteiger partial charge in [-0.15, -0.1) is 0 Å². The van der Waals surface area contributed by atoms with E-state index in [-0.39, 0.29) is 18.8 Å². The van der Waals surface area contributed by atoms with E-state index in [4.69, 9.17) is 5.11 Å². The van der Waals surface area contributed by atoms with Crippen molar-refractivity contribution in [3.05, 3.63) is 29.8 Å². The molecule has 21 heavy (non-hydrogen) atoms. The predicted octanol–water partition coefficient (Wildman–Crippen LogP) is 1.42. The zero-order valence-electron chi connectivity index (χ0n) is 10.9. The molecule has 6 nitrogen and oxygen atoms in total. The lowest BCUT2D eigenvalue weighted by Gasteiger charge is -2.29. The van der Waals surface area contributed by atoms with E-state index in [1.165, 1.54) is 0 Å². The van der Waals surface area contributed by atoms with Crippen molar-refractivity contribution in [3.8, 4) is 0 Å². The number of nitrogens with zero attached hydrogens (tertiary/aromatic N) is 1. The summed E-state index contributed by atoms with van der Waals surface area (Å²) in [4.78, 5) is 10.9. The van der Waals surface area contributed by atoms with Gasteiger partial charge in [0.1, 0.15) is 11.6 Å². The molecule has 116 valence electrons. The smallest absolute Gasteiger partial charge is 0.307 e. The normalized spacial score (nSPS) is 20.2. The fraction of sp³-hybridized carbons (Fsp3) is 0.417. The van der Waals surface area contributed by atoms with Gasteiger partial charge in [-0.3, -0.25) is 9.52 Å². The van der Waals surface area contributed by atoms with Crippen molar-refractivity contribution in [3.63, 3.8) is 0 Å². The first-order chi connectivity index (χ1) is 9.79. The number of benzene rings is 1. The Morgan fingerprint density at radius 1 is 1.38 bits per heavy atom. The van der Waals surface area contributed by atoms with Crippen molar-refractivity contribution < 1.29 is 27.1 Å². The molecule has 0 amide bonds. The molecule has 1 aromatic rings. The van der Waals surface area contributed by atoms with Crippen LogP contribution in [0.25, 0.3) is 0 Å². The summed E-state index contributed by atoms with van der Waals surface area (Å²) in [6.45, 7) is -0.0184. The average Bonchev–Trinajstić information content (AvgIpc) is 2.42. The lowest BCUT2D eigenvalue weighted by Crippen LogP contribution is -2.44. The Hall–Kier alpha value is -1.74. The van der Waals surface area contributed by atoms with Gasteiger partial charge in [-0.1, -0.05) is 0 Å². The molecule has 1 unspecified atom stereocenters. The summed E-state index contributed by atoms with van der Waals surface area (Å²) >= 11 is 0. The molecule has 1 fully saturated rings. The quantitative estimate of drug-likeness (QED) is 0.878. The molecule has 0 saturated carbocycles. The zero-order chi connectivity index (χ0) is 15.6. The van der Waals surface area contributed by atoms with E-state index in [1.54, 1.807) is 0 Å². The first-order valence-electron chi connectivity index (χ1n) is 6.25. The molecule has 1 aromatic carbocycles. The van der Waals surface area contributed by atoms with Crippen LogP contribution in [0.3, 0.4) is 0 Å². The average molecular weight is 320 g/mol. The van der Waals surface area contributed by atoms with Crippen LogP contribution < -0.4 is 4.72 Å². The van der Waals surface area contributed by atoms with Crippen molar-refractivity contribution in [1.82, 2.24) is 4.31 Å². The Morgan fingerprint density at radius 3 is 2.71 bits per heavy atom. The van der Waals surface area contributed by atoms with E-state index in [1.807, 2.05) is 4.72 Å². The van der Waals surface area contributed by atoms with Crippen LogP contribution in [0.5, 0.6) is 0 Å². The van der Waals surface area contributed by atoms with E-state index >= 15 is 0 Å². The summed E-state index contributed by atoms with van der Waals surface area (Å²) in [6, 6.07) is 2.46. The first-order valence-corrected chi connectivity index (χ1v) is 7.69. The van der Waals surface area contributed by atoms with Crippen LogP contribution in [0.4, 0.5) is 14.5 Å². The minimum Gasteiger partial charge on any atom is -0.481 e. The molecule has 0 spiro atoms. The number of piperidine rings is 1. The topological polar surface area (TPSA) is 86.7 Å². The molecule has 1 saturated heterocycles. The minimum atomic E-state index is -4.08. The highest BCUT2D eigenvalue weighted by molar-refractivity contribution is 7.90. The second-order valence-electron chi connectivity index (χ2n) is 4.77. The molecule has 0 bridgehead atoms. The van der Waals surface area contributed by atoms with Crippen molar-refractivity contribution in [2.45, 2.75) is 12.8 Å². The van der Waals surface area contributed by atoms with Gasteiger partial charge in [0.15, 0.2) is 0 Å². The van der Waals surface area contributed by atoms with Crippen molar-refractivity contribution in [2.75, 3.05) is 17.8 Å². The van der Waals surface area contributed by atoms with Crippen LogP contribution in [-0.4, -0.2) is 36.9 Å². The Labute approximate surface area is 120 Å². The maximum absolute atomic E-state index is 13.5. The van der Waals surface area contributed by atoms with Gasteiger partial charge in [-0.25, -0.2) is 8.78 Å². The Kier molecular flexibility index (Phi) is 4.43. The van der Waals surface area contributed by atoms with E-state index in [0.29, 0.717) is 18.9 Å². The van der Waals surface area contributed by atoms with E-state index in [2.05, 4.69) is 0 Å². The highest BCUT2D eigenvalue weighted by atomic mass is 32.2. The fourth-order valence-corrected chi connectivity index (χ4v) is 3.46. The third-order valence-electron chi connectivity index (χ3n) is 3.24. The number of carboxylic acid groups (broad SMARTS) is 1. The summed E-state index contributed by atoms with van der Waals surface area (Å²) < 4.78 is 53.5. The molecule has 1 atom stereocenters. The molecule has 9 heteroatoms. The maximum Gasteiger partial charge on any atom is 0.307 e.